The maximum absolute atomic E-state index is 5.89. The van der Waals surface area contributed by atoms with Gasteiger partial charge in [0, 0.05) is 10.2 Å². The van der Waals surface area contributed by atoms with Crippen LogP contribution in [0.25, 0.3) is 0 Å². The molecule has 1 aromatic rings. The van der Waals surface area contributed by atoms with E-state index in [-0.39, 0.29) is 0 Å². The van der Waals surface area contributed by atoms with Gasteiger partial charge < -0.3 is 11.5 Å². The first kappa shape index (κ1) is 15.5. The molecule has 0 saturated carbocycles. The third-order valence-electron chi connectivity index (χ3n) is 2.51. The van der Waals surface area contributed by atoms with Crippen LogP contribution in [0.15, 0.2) is 16.6 Å². The Hall–Kier alpha value is -0.540. The van der Waals surface area contributed by atoms with Gasteiger partial charge in [0.1, 0.15) is 0 Å². The fourth-order valence-electron chi connectivity index (χ4n) is 1.85. The van der Waals surface area contributed by atoms with Crippen molar-refractivity contribution in [2.24, 2.45) is 5.73 Å². The van der Waals surface area contributed by atoms with Gasteiger partial charge in [-0.3, -0.25) is 0 Å². The summed E-state index contributed by atoms with van der Waals surface area (Å²) >= 11 is 3.56. The highest BCUT2D eigenvalue weighted by molar-refractivity contribution is 9.10. The molecule has 0 fully saturated rings. The van der Waals surface area contributed by atoms with Crippen LogP contribution in [0, 0.1) is 0 Å². The van der Waals surface area contributed by atoms with Gasteiger partial charge in [-0.1, -0.05) is 29.8 Å². The van der Waals surface area contributed by atoms with Crippen LogP contribution in [0.4, 0.5) is 5.69 Å². The van der Waals surface area contributed by atoms with E-state index in [2.05, 4.69) is 27.7 Å². The Morgan fingerprint density at radius 3 is 2.00 bits per heavy atom. The topological polar surface area (TPSA) is 52.0 Å². The number of nitrogens with two attached hydrogens (primary N) is 2. The Labute approximate surface area is 108 Å². The number of halogens is 1. The number of hydrogen-bond donors (Lipinski definition) is 2. The zero-order chi connectivity index (χ0) is 12.6. The van der Waals surface area contributed by atoms with Crippen LogP contribution < -0.4 is 11.5 Å². The van der Waals surface area contributed by atoms with Crippen LogP contribution in [0.1, 0.15) is 37.8 Å². The Balaban J connectivity index is 0.000000509. The molecule has 0 aromatic heterocycles. The molecule has 16 heavy (non-hydrogen) atoms. The summed E-state index contributed by atoms with van der Waals surface area (Å²) in [6.07, 6.45) is 4.92. The van der Waals surface area contributed by atoms with Crippen molar-refractivity contribution in [3.8, 4) is 0 Å². The molecule has 0 spiro atoms. The van der Waals surface area contributed by atoms with Gasteiger partial charge in [0.05, 0.1) is 0 Å². The molecule has 2 nitrogen and oxygen atoms in total. The smallest absolute Gasteiger partial charge is 0.0350 e. The second-order valence-corrected chi connectivity index (χ2v) is 4.16. The van der Waals surface area contributed by atoms with E-state index in [0.717, 1.165) is 12.1 Å². The Kier molecular flexibility index (Phi) is 8.30. The van der Waals surface area contributed by atoms with E-state index in [1.54, 1.807) is 0 Å². The minimum Gasteiger partial charge on any atom is -0.398 e. The monoisotopic (exact) mass is 286 g/mol. The summed E-state index contributed by atoms with van der Waals surface area (Å²) in [6, 6.07) is 4.05. The standard InChI is InChI=1S/C10H12BrN.C2H6.CH5N/c11-9-5-6-10(12)8-4-2-1-3-7(8)9;2*1-2/h5-6H,1-4,12H2;1-2H3;2H2,1H3. The average molecular weight is 287 g/mol. The highest BCUT2D eigenvalue weighted by atomic mass is 79.9. The molecule has 0 bridgehead atoms. The third-order valence-corrected chi connectivity index (χ3v) is 3.26. The number of nitrogen functional groups attached to an aromatic ring is 1. The first-order valence-electron chi connectivity index (χ1n) is 5.92. The number of benzene rings is 1. The molecule has 92 valence electrons. The van der Waals surface area contributed by atoms with Gasteiger partial charge in [-0.15, -0.1) is 0 Å². The fourth-order valence-corrected chi connectivity index (χ4v) is 2.42. The summed E-state index contributed by atoms with van der Waals surface area (Å²) < 4.78 is 1.23. The van der Waals surface area contributed by atoms with Crippen molar-refractivity contribution < 1.29 is 0 Å². The summed E-state index contributed by atoms with van der Waals surface area (Å²) in [5, 5.41) is 0. The summed E-state index contributed by atoms with van der Waals surface area (Å²) in [7, 11) is 1.50. The predicted octanol–water partition coefficient (Wildman–Crippen LogP) is 3.51. The van der Waals surface area contributed by atoms with Crippen molar-refractivity contribution in [3.05, 3.63) is 27.7 Å². The molecule has 1 aliphatic rings. The normalized spacial score (nSPS) is 12.6. The van der Waals surface area contributed by atoms with E-state index >= 15 is 0 Å². The average Bonchev–Trinajstić information content (AvgIpc) is 2.39. The Morgan fingerprint density at radius 1 is 1.00 bits per heavy atom. The zero-order valence-electron chi connectivity index (χ0n) is 10.5. The van der Waals surface area contributed by atoms with Gasteiger partial charge >= 0.3 is 0 Å². The predicted molar refractivity (Wildman–Crippen MR) is 76.7 cm³/mol. The summed E-state index contributed by atoms with van der Waals surface area (Å²) in [6.45, 7) is 4.00. The minimum atomic E-state index is 0.966. The third kappa shape index (κ3) is 3.80. The van der Waals surface area contributed by atoms with Gasteiger partial charge in [0.15, 0.2) is 0 Å². The molecule has 3 heteroatoms. The highest BCUT2D eigenvalue weighted by Gasteiger charge is 2.13. The fraction of sp³-hybridized carbons (Fsp3) is 0.538. The van der Waals surface area contributed by atoms with E-state index < -0.39 is 0 Å². The van der Waals surface area contributed by atoms with Crippen molar-refractivity contribution in [1.82, 2.24) is 0 Å². The molecule has 0 amide bonds. The molecule has 4 N–H and O–H groups in total. The Bertz CT molecular complexity index is 280. The molecule has 0 heterocycles. The summed E-state index contributed by atoms with van der Waals surface area (Å²) in [4.78, 5) is 0. The summed E-state index contributed by atoms with van der Waals surface area (Å²) in [5.41, 5.74) is 14.2. The molecular formula is C13H23BrN2. The van der Waals surface area contributed by atoms with Crippen LogP contribution in [0.2, 0.25) is 0 Å². The molecular weight excluding hydrogens is 264 g/mol. The summed E-state index contributed by atoms with van der Waals surface area (Å²) in [5.74, 6) is 0. The SMILES string of the molecule is CC.CN.Nc1ccc(Br)c2c1CCCC2. The lowest BCUT2D eigenvalue weighted by Crippen LogP contribution is -2.06. The van der Waals surface area contributed by atoms with Crippen molar-refractivity contribution in [1.29, 1.82) is 0 Å². The maximum atomic E-state index is 5.89. The van der Waals surface area contributed by atoms with Crippen LogP contribution >= 0.6 is 15.9 Å². The lowest BCUT2D eigenvalue weighted by molar-refractivity contribution is 0.685. The zero-order valence-corrected chi connectivity index (χ0v) is 12.1. The molecule has 1 aliphatic carbocycles. The lowest BCUT2D eigenvalue weighted by Gasteiger charge is -2.18. The number of hydrogen-bond acceptors (Lipinski definition) is 2. The molecule has 0 aliphatic heterocycles. The van der Waals surface area contributed by atoms with Gasteiger partial charge in [-0.05, 0) is 56.0 Å². The molecule has 0 atom stereocenters. The second-order valence-electron chi connectivity index (χ2n) is 3.30. The van der Waals surface area contributed by atoms with E-state index in [0.29, 0.717) is 0 Å². The highest BCUT2D eigenvalue weighted by Crippen LogP contribution is 2.31. The van der Waals surface area contributed by atoms with Crippen LogP contribution in [0.3, 0.4) is 0 Å². The van der Waals surface area contributed by atoms with Gasteiger partial charge in [0.25, 0.3) is 0 Å². The molecule has 0 saturated heterocycles. The lowest BCUT2D eigenvalue weighted by atomic mass is 9.91. The van der Waals surface area contributed by atoms with E-state index in [9.17, 15) is 0 Å². The van der Waals surface area contributed by atoms with Crippen molar-refractivity contribution in [3.63, 3.8) is 0 Å². The minimum absolute atomic E-state index is 0.966. The van der Waals surface area contributed by atoms with Crippen LogP contribution in [0.5, 0.6) is 0 Å². The van der Waals surface area contributed by atoms with E-state index in [4.69, 9.17) is 5.73 Å². The molecule has 2 rings (SSSR count). The first-order chi connectivity index (χ1) is 7.79. The van der Waals surface area contributed by atoms with Gasteiger partial charge in [-0.2, -0.15) is 0 Å². The number of rotatable bonds is 0. The second kappa shape index (κ2) is 8.59. The number of anilines is 1. The van der Waals surface area contributed by atoms with Crippen molar-refractivity contribution >= 4 is 21.6 Å². The Morgan fingerprint density at radius 2 is 1.50 bits per heavy atom. The molecule has 0 unspecified atom stereocenters. The maximum Gasteiger partial charge on any atom is 0.0350 e. The largest absolute Gasteiger partial charge is 0.398 e. The van der Waals surface area contributed by atoms with Gasteiger partial charge in [0.2, 0.25) is 0 Å². The quantitative estimate of drug-likeness (QED) is 0.717. The van der Waals surface area contributed by atoms with Gasteiger partial charge in [-0.25, -0.2) is 0 Å². The van der Waals surface area contributed by atoms with Crippen molar-refractivity contribution in [2.75, 3.05) is 12.8 Å². The number of fused-ring (bicyclic) bond motifs is 1. The first-order valence-corrected chi connectivity index (χ1v) is 6.72. The van der Waals surface area contributed by atoms with Crippen molar-refractivity contribution in [2.45, 2.75) is 39.5 Å². The van der Waals surface area contributed by atoms with E-state index in [1.165, 1.54) is 41.9 Å². The molecule has 0 radical (unpaired) electrons. The molecule has 1 aromatic carbocycles. The van der Waals surface area contributed by atoms with Crippen LogP contribution in [-0.2, 0) is 12.8 Å². The van der Waals surface area contributed by atoms with Crippen LogP contribution in [-0.4, -0.2) is 7.05 Å². The van der Waals surface area contributed by atoms with E-state index in [1.807, 2.05) is 19.9 Å².